The van der Waals surface area contributed by atoms with Crippen molar-refractivity contribution in [2.24, 2.45) is 5.92 Å². The molecule has 0 spiro atoms. The molecule has 20 heavy (non-hydrogen) atoms. The summed E-state index contributed by atoms with van der Waals surface area (Å²) in [6.07, 6.45) is 0.976. The van der Waals surface area contributed by atoms with Gasteiger partial charge in [0, 0.05) is 13.1 Å². The third-order valence-electron chi connectivity index (χ3n) is 3.65. The third-order valence-corrected chi connectivity index (χ3v) is 5.81. The first-order chi connectivity index (χ1) is 9.37. The molecule has 0 unspecified atom stereocenters. The number of piperidine rings is 1. The van der Waals surface area contributed by atoms with Crippen molar-refractivity contribution in [1.82, 2.24) is 14.5 Å². The van der Waals surface area contributed by atoms with Crippen LogP contribution in [0.25, 0.3) is 0 Å². The molecule has 1 aromatic rings. The highest BCUT2D eigenvalue weighted by Crippen LogP contribution is 2.27. The number of aromatic amines is 1. The van der Waals surface area contributed by atoms with Gasteiger partial charge >= 0.3 is 5.97 Å². The Balaban J connectivity index is 2.16. The van der Waals surface area contributed by atoms with Crippen molar-refractivity contribution >= 4 is 16.0 Å². The summed E-state index contributed by atoms with van der Waals surface area (Å²) in [5.74, 6) is -0.476. The molecular weight excluding hydrogens is 282 g/mol. The minimum atomic E-state index is -3.55. The summed E-state index contributed by atoms with van der Waals surface area (Å²) in [7, 11) is -2.20. The van der Waals surface area contributed by atoms with E-state index in [1.165, 1.54) is 11.4 Å². The molecule has 0 bridgehead atoms. The maximum atomic E-state index is 12.6. The van der Waals surface area contributed by atoms with E-state index in [4.69, 9.17) is 4.74 Å². The predicted molar refractivity (Wildman–Crippen MR) is 71.6 cm³/mol. The zero-order valence-corrected chi connectivity index (χ0v) is 12.7. The number of rotatable bonds is 3. The van der Waals surface area contributed by atoms with E-state index in [9.17, 15) is 13.2 Å². The fourth-order valence-electron chi connectivity index (χ4n) is 2.55. The number of nitrogens with zero attached hydrogens (tertiary/aromatic N) is 2. The van der Waals surface area contributed by atoms with Crippen LogP contribution < -0.4 is 0 Å². The van der Waals surface area contributed by atoms with E-state index in [1.54, 1.807) is 13.8 Å². The Morgan fingerprint density at radius 1 is 1.35 bits per heavy atom. The lowest BCUT2D eigenvalue weighted by atomic mass is 9.99. The molecule has 7 nitrogen and oxygen atoms in total. The Labute approximate surface area is 118 Å². The molecule has 1 aromatic heterocycles. The number of aryl methyl sites for hydroxylation is 2. The van der Waals surface area contributed by atoms with E-state index in [1.807, 2.05) is 0 Å². The number of aromatic nitrogens is 2. The second kappa shape index (κ2) is 5.53. The molecule has 2 heterocycles. The van der Waals surface area contributed by atoms with Crippen molar-refractivity contribution in [3.05, 3.63) is 11.4 Å². The van der Waals surface area contributed by atoms with Crippen LogP contribution in [0.15, 0.2) is 4.90 Å². The average molecular weight is 301 g/mol. The molecule has 0 radical (unpaired) electrons. The quantitative estimate of drug-likeness (QED) is 0.825. The molecule has 0 saturated carbocycles. The van der Waals surface area contributed by atoms with Gasteiger partial charge in [-0.2, -0.15) is 9.40 Å². The zero-order chi connectivity index (χ0) is 14.9. The number of hydrogen-bond donors (Lipinski definition) is 1. The molecule has 8 heteroatoms. The molecule has 0 amide bonds. The van der Waals surface area contributed by atoms with Crippen molar-refractivity contribution in [1.29, 1.82) is 0 Å². The van der Waals surface area contributed by atoms with Gasteiger partial charge in [-0.25, -0.2) is 8.42 Å². The van der Waals surface area contributed by atoms with E-state index in [2.05, 4.69) is 10.2 Å². The Bertz CT molecular complexity index is 581. The molecule has 112 valence electrons. The molecule has 2 rings (SSSR count). The van der Waals surface area contributed by atoms with Gasteiger partial charge in [-0.3, -0.25) is 9.89 Å². The number of hydrogen-bond acceptors (Lipinski definition) is 5. The van der Waals surface area contributed by atoms with E-state index in [0.717, 1.165) is 0 Å². The van der Waals surface area contributed by atoms with E-state index >= 15 is 0 Å². The second-order valence-corrected chi connectivity index (χ2v) is 6.84. The minimum Gasteiger partial charge on any atom is -0.469 e. The summed E-state index contributed by atoms with van der Waals surface area (Å²) in [4.78, 5) is 11.7. The maximum Gasteiger partial charge on any atom is 0.308 e. The number of ether oxygens (including phenoxy) is 1. The normalized spacial score (nSPS) is 18.1. The first kappa shape index (κ1) is 15.0. The van der Waals surface area contributed by atoms with Crippen LogP contribution in [0.3, 0.4) is 0 Å². The van der Waals surface area contributed by atoms with Gasteiger partial charge in [0.15, 0.2) is 0 Å². The van der Waals surface area contributed by atoms with Gasteiger partial charge in [0.25, 0.3) is 0 Å². The number of carbonyl (C=O) groups is 1. The fraction of sp³-hybridized carbons (Fsp3) is 0.667. The monoisotopic (exact) mass is 301 g/mol. The summed E-state index contributed by atoms with van der Waals surface area (Å²) in [5.41, 5.74) is 1.01. The van der Waals surface area contributed by atoms with Crippen LogP contribution in [0.4, 0.5) is 0 Å². The smallest absolute Gasteiger partial charge is 0.308 e. The number of H-pyrrole nitrogens is 1. The molecule has 1 saturated heterocycles. The molecular formula is C12H19N3O4S. The minimum absolute atomic E-state index is 0.210. The molecule has 0 aliphatic carbocycles. The lowest BCUT2D eigenvalue weighted by molar-refractivity contribution is -0.146. The van der Waals surface area contributed by atoms with Gasteiger partial charge in [0.05, 0.1) is 24.4 Å². The summed E-state index contributed by atoms with van der Waals surface area (Å²) in [5, 5.41) is 6.62. The Morgan fingerprint density at radius 3 is 2.40 bits per heavy atom. The Kier molecular flexibility index (Phi) is 4.14. The predicted octanol–water partition coefficient (Wildman–Crippen LogP) is 0.600. The highest BCUT2D eigenvalue weighted by Gasteiger charge is 2.34. The summed E-state index contributed by atoms with van der Waals surface area (Å²) in [6, 6.07) is 0. The van der Waals surface area contributed by atoms with Crippen LogP contribution in [-0.4, -0.2) is 49.1 Å². The van der Waals surface area contributed by atoms with Gasteiger partial charge in [-0.05, 0) is 26.7 Å². The first-order valence-electron chi connectivity index (χ1n) is 6.47. The fourth-order valence-corrected chi connectivity index (χ4v) is 4.35. The van der Waals surface area contributed by atoms with E-state index < -0.39 is 10.0 Å². The van der Waals surface area contributed by atoms with Crippen molar-refractivity contribution < 1.29 is 17.9 Å². The van der Waals surface area contributed by atoms with Crippen LogP contribution in [0.1, 0.15) is 24.2 Å². The molecule has 1 fully saturated rings. The van der Waals surface area contributed by atoms with Crippen molar-refractivity contribution in [3.63, 3.8) is 0 Å². The van der Waals surface area contributed by atoms with E-state index in [0.29, 0.717) is 37.3 Å². The Morgan fingerprint density at radius 2 is 1.95 bits per heavy atom. The lowest BCUT2D eigenvalue weighted by Gasteiger charge is -2.29. The number of methoxy groups -OCH3 is 1. The van der Waals surface area contributed by atoms with Crippen LogP contribution in [0, 0.1) is 19.8 Å². The molecule has 1 aliphatic rings. The van der Waals surface area contributed by atoms with Crippen LogP contribution in [0.2, 0.25) is 0 Å². The second-order valence-electron chi connectivity index (χ2n) is 4.96. The van der Waals surface area contributed by atoms with E-state index in [-0.39, 0.29) is 16.8 Å². The summed E-state index contributed by atoms with van der Waals surface area (Å²) >= 11 is 0. The lowest BCUT2D eigenvalue weighted by Crippen LogP contribution is -2.40. The average Bonchev–Trinajstić information content (AvgIpc) is 2.78. The molecule has 0 atom stereocenters. The number of carbonyl (C=O) groups excluding carboxylic acids is 1. The highest BCUT2D eigenvalue weighted by molar-refractivity contribution is 7.89. The SMILES string of the molecule is COC(=O)C1CCN(S(=O)(=O)c2c(C)n[nH]c2C)CC1. The third kappa shape index (κ3) is 2.57. The van der Waals surface area contributed by atoms with Crippen molar-refractivity contribution in [2.45, 2.75) is 31.6 Å². The van der Waals surface area contributed by atoms with Gasteiger partial charge in [-0.15, -0.1) is 0 Å². The zero-order valence-electron chi connectivity index (χ0n) is 11.8. The van der Waals surface area contributed by atoms with Crippen molar-refractivity contribution in [3.8, 4) is 0 Å². The summed E-state index contributed by atoms with van der Waals surface area (Å²) in [6.45, 7) is 4.00. The molecule has 0 aromatic carbocycles. The van der Waals surface area contributed by atoms with Crippen molar-refractivity contribution in [2.75, 3.05) is 20.2 Å². The standard InChI is InChI=1S/C12H19N3O4S/c1-8-11(9(2)14-13-8)20(17,18)15-6-4-10(5-7-15)12(16)19-3/h10H,4-7H2,1-3H3,(H,13,14). The highest BCUT2D eigenvalue weighted by atomic mass is 32.2. The Hall–Kier alpha value is -1.41. The van der Waals surface area contributed by atoms with Crippen LogP contribution >= 0.6 is 0 Å². The largest absolute Gasteiger partial charge is 0.469 e. The van der Waals surface area contributed by atoms with Crippen LogP contribution in [0.5, 0.6) is 0 Å². The number of esters is 1. The number of sulfonamides is 1. The van der Waals surface area contributed by atoms with Crippen LogP contribution in [-0.2, 0) is 19.6 Å². The van der Waals surface area contributed by atoms with Gasteiger partial charge in [0.1, 0.15) is 4.90 Å². The topological polar surface area (TPSA) is 92.4 Å². The number of nitrogens with one attached hydrogen (secondary N) is 1. The molecule has 1 aliphatic heterocycles. The maximum absolute atomic E-state index is 12.6. The first-order valence-corrected chi connectivity index (χ1v) is 7.91. The van der Waals surface area contributed by atoms with Gasteiger partial charge in [-0.1, -0.05) is 0 Å². The van der Waals surface area contributed by atoms with Gasteiger partial charge in [0.2, 0.25) is 10.0 Å². The van der Waals surface area contributed by atoms with Gasteiger partial charge < -0.3 is 4.74 Å². The molecule has 1 N–H and O–H groups in total. The summed E-state index contributed by atoms with van der Waals surface area (Å²) < 4.78 is 31.3.